The van der Waals surface area contributed by atoms with Crippen LogP contribution >= 0.6 is 0 Å². The molecule has 58 valence electrons. The second-order valence-corrected chi connectivity index (χ2v) is 2.60. The van der Waals surface area contributed by atoms with Gasteiger partial charge >= 0.3 is 5.97 Å². The average molecular weight is 145 g/mol. The standard InChI is InChI=1S/C6H11NO3/c1-10-5(8)4(7)6(9)2-3-6/h4,9H,2-3,7H2,1H3/t4-/m1/s1. The maximum absolute atomic E-state index is 10.7. The monoisotopic (exact) mass is 145 g/mol. The molecule has 0 aromatic carbocycles. The van der Waals surface area contributed by atoms with Crippen molar-refractivity contribution in [3.8, 4) is 0 Å². The van der Waals surface area contributed by atoms with Gasteiger partial charge in [-0.25, -0.2) is 0 Å². The SMILES string of the molecule is COC(=O)[C@@H](N)C1(O)CC1. The van der Waals surface area contributed by atoms with Gasteiger partial charge in [0.2, 0.25) is 0 Å². The number of hydrogen-bond donors (Lipinski definition) is 2. The van der Waals surface area contributed by atoms with Gasteiger partial charge in [-0.3, -0.25) is 4.79 Å². The van der Waals surface area contributed by atoms with Crippen LogP contribution in [0.25, 0.3) is 0 Å². The Bertz CT molecular complexity index is 153. The van der Waals surface area contributed by atoms with Crippen LogP contribution in [-0.2, 0) is 9.53 Å². The largest absolute Gasteiger partial charge is 0.468 e. The molecule has 1 fully saturated rings. The molecule has 0 radical (unpaired) electrons. The van der Waals surface area contributed by atoms with E-state index in [0.29, 0.717) is 12.8 Å². The van der Waals surface area contributed by atoms with E-state index in [4.69, 9.17) is 5.73 Å². The van der Waals surface area contributed by atoms with Crippen molar-refractivity contribution in [2.45, 2.75) is 24.5 Å². The highest BCUT2D eigenvalue weighted by atomic mass is 16.5. The normalized spacial score (nSPS) is 23.5. The van der Waals surface area contributed by atoms with Gasteiger partial charge in [-0.2, -0.15) is 0 Å². The van der Waals surface area contributed by atoms with Gasteiger partial charge in [0, 0.05) is 0 Å². The van der Waals surface area contributed by atoms with Crippen LogP contribution < -0.4 is 5.73 Å². The Morgan fingerprint density at radius 3 is 2.60 bits per heavy atom. The highest BCUT2D eigenvalue weighted by molar-refractivity contribution is 5.77. The molecule has 0 bridgehead atoms. The number of hydrogen-bond acceptors (Lipinski definition) is 4. The summed E-state index contributed by atoms with van der Waals surface area (Å²) in [7, 11) is 1.26. The minimum atomic E-state index is -0.965. The van der Waals surface area contributed by atoms with E-state index in [1.54, 1.807) is 0 Å². The first-order valence-corrected chi connectivity index (χ1v) is 3.16. The Hall–Kier alpha value is -0.610. The van der Waals surface area contributed by atoms with Gasteiger partial charge in [0.05, 0.1) is 12.7 Å². The average Bonchev–Trinajstić information content (AvgIpc) is 2.66. The maximum atomic E-state index is 10.7. The summed E-state index contributed by atoms with van der Waals surface area (Å²) < 4.78 is 4.35. The minimum absolute atomic E-state index is 0.542. The summed E-state index contributed by atoms with van der Waals surface area (Å²) in [4.78, 5) is 10.7. The summed E-state index contributed by atoms with van der Waals surface area (Å²) >= 11 is 0. The summed E-state index contributed by atoms with van der Waals surface area (Å²) in [6.07, 6.45) is 1.20. The lowest BCUT2D eigenvalue weighted by Crippen LogP contribution is -2.44. The number of aliphatic hydroxyl groups is 1. The van der Waals surface area contributed by atoms with E-state index in [1.165, 1.54) is 7.11 Å². The summed E-state index contributed by atoms with van der Waals surface area (Å²) in [6.45, 7) is 0. The van der Waals surface area contributed by atoms with E-state index in [9.17, 15) is 9.90 Å². The molecule has 4 heteroatoms. The lowest BCUT2D eigenvalue weighted by atomic mass is 10.1. The first-order valence-electron chi connectivity index (χ1n) is 3.16. The van der Waals surface area contributed by atoms with Crippen LogP contribution in [-0.4, -0.2) is 29.8 Å². The number of rotatable bonds is 2. The zero-order chi connectivity index (χ0) is 7.78. The van der Waals surface area contributed by atoms with Gasteiger partial charge in [-0.1, -0.05) is 0 Å². The predicted molar refractivity (Wildman–Crippen MR) is 34.2 cm³/mol. The zero-order valence-corrected chi connectivity index (χ0v) is 5.83. The van der Waals surface area contributed by atoms with Crippen LogP contribution in [0.1, 0.15) is 12.8 Å². The summed E-state index contributed by atoms with van der Waals surface area (Å²) in [6, 6.07) is -0.863. The van der Waals surface area contributed by atoms with E-state index in [2.05, 4.69) is 4.74 Å². The van der Waals surface area contributed by atoms with Crippen molar-refractivity contribution in [2.75, 3.05) is 7.11 Å². The van der Waals surface area contributed by atoms with Crippen LogP contribution in [0.15, 0.2) is 0 Å². The van der Waals surface area contributed by atoms with Crippen molar-refractivity contribution < 1.29 is 14.6 Å². The van der Waals surface area contributed by atoms with Crippen LogP contribution in [0.3, 0.4) is 0 Å². The molecular weight excluding hydrogens is 134 g/mol. The van der Waals surface area contributed by atoms with Crippen molar-refractivity contribution in [1.29, 1.82) is 0 Å². The first-order chi connectivity index (χ1) is 4.60. The van der Waals surface area contributed by atoms with Crippen LogP contribution in [0, 0.1) is 0 Å². The minimum Gasteiger partial charge on any atom is -0.468 e. The van der Waals surface area contributed by atoms with Crippen molar-refractivity contribution in [3.05, 3.63) is 0 Å². The van der Waals surface area contributed by atoms with Crippen molar-refractivity contribution >= 4 is 5.97 Å². The summed E-state index contributed by atoms with van der Waals surface area (Å²) in [5.41, 5.74) is 4.38. The highest BCUT2D eigenvalue weighted by Crippen LogP contribution is 2.37. The molecule has 1 atom stereocenters. The molecule has 0 aromatic rings. The number of esters is 1. The number of nitrogens with two attached hydrogens (primary N) is 1. The fourth-order valence-corrected chi connectivity index (χ4v) is 0.785. The van der Waals surface area contributed by atoms with E-state index in [-0.39, 0.29) is 0 Å². The molecule has 3 N–H and O–H groups in total. The molecule has 0 spiro atoms. The quantitative estimate of drug-likeness (QED) is 0.489. The van der Waals surface area contributed by atoms with Gasteiger partial charge in [-0.05, 0) is 12.8 Å². The molecule has 0 amide bonds. The molecule has 0 saturated heterocycles. The van der Waals surface area contributed by atoms with Crippen LogP contribution in [0.5, 0.6) is 0 Å². The molecule has 1 aliphatic carbocycles. The fourth-order valence-electron chi connectivity index (χ4n) is 0.785. The molecule has 1 aliphatic rings. The molecule has 0 unspecified atom stereocenters. The van der Waals surface area contributed by atoms with Gasteiger partial charge in [0.1, 0.15) is 6.04 Å². The summed E-state index contributed by atoms with van der Waals surface area (Å²) in [5.74, 6) is -0.542. The lowest BCUT2D eigenvalue weighted by Gasteiger charge is -2.13. The maximum Gasteiger partial charge on any atom is 0.325 e. The number of carbonyl (C=O) groups is 1. The molecule has 0 aromatic heterocycles. The fraction of sp³-hybridized carbons (Fsp3) is 0.833. The van der Waals surface area contributed by atoms with E-state index >= 15 is 0 Å². The smallest absolute Gasteiger partial charge is 0.325 e. The third-order valence-corrected chi connectivity index (χ3v) is 1.80. The number of ether oxygens (including phenoxy) is 1. The Balaban J connectivity index is 2.48. The molecule has 10 heavy (non-hydrogen) atoms. The molecule has 0 heterocycles. The van der Waals surface area contributed by atoms with E-state index in [0.717, 1.165) is 0 Å². The van der Waals surface area contributed by atoms with Crippen LogP contribution in [0.4, 0.5) is 0 Å². The molecule has 1 rings (SSSR count). The summed E-state index contributed by atoms with van der Waals surface area (Å²) in [5, 5.41) is 9.27. The van der Waals surface area contributed by atoms with Crippen molar-refractivity contribution in [2.24, 2.45) is 5.73 Å². The van der Waals surface area contributed by atoms with Gasteiger partial charge in [0.15, 0.2) is 0 Å². The predicted octanol–water partition coefficient (Wildman–Crippen LogP) is -0.988. The van der Waals surface area contributed by atoms with Gasteiger partial charge in [-0.15, -0.1) is 0 Å². The Morgan fingerprint density at radius 2 is 2.30 bits per heavy atom. The number of methoxy groups -OCH3 is 1. The van der Waals surface area contributed by atoms with Gasteiger partial charge in [0.25, 0.3) is 0 Å². The molecule has 0 aliphatic heterocycles. The van der Waals surface area contributed by atoms with Crippen LogP contribution in [0.2, 0.25) is 0 Å². The first kappa shape index (κ1) is 7.50. The molecular formula is C6H11NO3. The zero-order valence-electron chi connectivity index (χ0n) is 5.83. The topological polar surface area (TPSA) is 72.5 Å². The molecule has 1 saturated carbocycles. The van der Waals surface area contributed by atoms with Crippen molar-refractivity contribution in [3.63, 3.8) is 0 Å². The third kappa shape index (κ3) is 1.12. The van der Waals surface area contributed by atoms with E-state index in [1.807, 2.05) is 0 Å². The van der Waals surface area contributed by atoms with Gasteiger partial charge < -0.3 is 15.6 Å². The van der Waals surface area contributed by atoms with E-state index < -0.39 is 17.6 Å². The Morgan fingerprint density at radius 1 is 1.80 bits per heavy atom. The molecule has 4 nitrogen and oxygen atoms in total. The Kier molecular flexibility index (Phi) is 1.66. The highest BCUT2D eigenvalue weighted by Gasteiger charge is 2.49. The second-order valence-electron chi connectivity index (χ2n) is 2.60. The number of carbonyl (C=O) groups excluding carboxylic acids is 1. The lowest BCUT2D eigenvalue weighted by molar-refractivity contribution is -0.145. The van der Waals surface area contributed by atoms with Crippen molar-refractivity contribution in [1.82, 2.24) is 0 Å². The third-order valence-electron chi connectivity index (χ3n) is 1.80. The second kappa shape index (κ2) is 2.21. The Labute approximate surface area is 59.0 Å².